The number of amides is 1. The molecule has 1 saturated carbocycles. The minimum Gasteiger partial charge on any atom is -0.354 e. The molecule has 0 radical (unpaired) electrons. The molecule has 0 heterocycles. The summed E-state index contributed by atoms with van der Waals surface area (Å²) in [6, 6.07) is 0. The predicted molar refractivity (Wildman–Crippen MR) is 104 cm³/mol. The van der Waals surface area contributed by atoms with Crippen LogP contribution in [0.25, 0.3) is 0 Å². The zero-order chi connectivity index (χ0) is 15.5. The van der Waals surface area contributed by atoms with Crippen molar-refractivity contribution in [3.05, 3.63) is 0 Å². The van der Waals surface area contributed by atoms with Crippen molar-refractivity contribution >= 4 is 35.8 Å². The third kappa shape index (κ3) is 8.80. The first-order valence-corrected chi connectivity index (χ1v) is 8.35. The topological polar surface area (TPSA) is 56.7 Å². The molecule has 0 spiro atoms. The lowest BCUT2D eigenvalue weighted by molar-refractivity contribution is -0.121. The van der Waals surface area contributed by atoms with Crippen LogP contribution in [0.4, 0.5) is 0 Å². The molecular weight excluding hydrogens is 391 g/mol. The molecule has 0 unspecified atom stereocenters. The van der Waals surface area contributed by atoms with Crippen LogP contribution < -0.4 is 10.6 Å². The first kappa shape index (κ1) is 21.5. The first-order valence-electron chi connectivity index (χ1n) is 8.35. The molecule has 1 aliphatic rings. The van der Waals surface area contributed by atoms with E-state index in [1.165, 1.54) is 32.1 Å². The summed E-state index contributed by atoms with van der Waals surface area (Å²) in [6.45, 7) is 4.57. The molecule has 130 valence electrons. The van der Waals surface area contributed by atoms with Crippen LogP contribution in [0, 0.1) is 5.92 Å². The number of carbonyl (C=O) groups is 1. The van der Waals surface area contributed by atoms with Crippen molar-refractivity contribution in [2.24, 2.45) is 10.9 Å². The number of nitrogens with one attached hydrogen (secondary N) is 2. The van der Waals surface area contributed by atoms with E-state index < -0.39 is 0 Å². The molecule has 22 heavy (non-hydrogen) atoms. The number of carbonyl (C=O) groups excluding carboxylic acids is 1. The quantitative estimate of drug-likeness (QED) is 0.273. The molecule has 1 amide bonds. The fourth-order valence-electron chi connectivity index (χ4n) is 2.81. The Labute approximate surface area is 152 Å². The molecule has 0 atom stereocenters. The van der Waals surface area contributed by atoms with Gasteiger partial charge < -0.3 is 15.5 Å². The van der Waals surface area contributed by atoms with E-state index >= 15 is 0 Å². The molecule has 0 saturated heterocycles. The average molecular weight is 424 g/mol. The number of nitrogens with zero attached hydrogens (tertiary/aromatic N) is 2. The maximum Gasteiger partial charge on any atom is 0.220 e. The van der Waals surface area contributed by atoms with Crippen molar-refractivity contribution in [2.45, 2.75) is 51.9 Å². The first-order chi connectivity index (χ1) is 10.2. The maximum atomic E-state index is 11.8. The fraction of sp³-hybridized carbons (Fsp3) is 0.875. The summed E-state index contributed by atoms with van der Waals surface area (Å²) in [5.41, 5.74) is 0. The highest BCUT2D eigenvalue weighted by molar-refractivity contribution is 14.0. The highest BCUT2D eigenvalue weighted by Gasteiger charge is 2.17. The van der Waals surface area contributed by atoms with E-state index in [0.29, 0.717) is 18.9 Å². The van der Waals surface area contributed by atoms with Crippen molar-refractivity contribution in [1.82, 2.24) is 15.5 Å². The highest BCUT2D eigenvalue weighted by Crippen LogP contribution is 2.27. The summed E-state index contributed by atoms with van der Waals surface area (Å²) in [7, 11) is 3.84. The summed E-state index contributed by atoms with van der Waals surface area (Å²) >= 11 is 0. The summed E-state index contributed by atoms with van der Waals surface area (Å²) in [5, 5.41) is 6.28. The van der Waals surface area contributed by atoms with Gasteiger partial charge in [0.05, 0.1) is 0 Å². The molecule has 0 aromatic carbocycles. The minimum absolute atomic E-state index is 0. The van der Waals surface area contributed by atoms with Gasteiger partial charge in [0.25, 0.3) is 0 Å². The summed E-state index contributed by atoms with van der Waals surface area (Å²) in [4.78, 5) is 18.2. The van der Waals surface area contributed by atoms with Crippen LogP contribution >= 0.6 is 24.0 Å². The lowest BCUT2D eigenvalue weighted by Gasteiger charge is -2.22. The van der Waals surface area contributed by atoms with Crippen molar-refractivity contribution in [3.63, 3.8) is 0 Å². The largest absolute Gasteiger partial charge is 0.354 e. The van der Waals surface area contributed by atoms with Crippen molar-refractivity contribution < 1.29 is 4.79 Å². The van der Waals surface area contributed by atoms with Crippen molar-refractivity contribution in [2.75, 3.05) is 33.7 Å². The van der Waals surface area contributed by atoms with Gasteiger partial charge in [0.15, 0.2) is 5.96 Å². The van der Waals surface area contributed by atoms with Gasteiger partial charge in [-0.2, -0.15) is 0 Å². The zero-order valence-corrected chi connectivity index (χ0v) is 16.7. The maximum absolute atomic E-state index is 11.8. The van der Waals surface area contributed by atoms with Gasteiger partial charge in [-0.25, -0.2) is 0 Å². The van der Waals surface area contributed by atoms with E-state index in [9.17, 15) is 4.79 Å². The third-order valence-corrected chi connectivity index (χ3v) is 4.10. The average Bonchev–Trinajstić information content (AvgIpc) is 2.97. The molecular formula is C16H33IN4O. The van der Waals surface area contributed by atoms with E-state index in [0.717, 1.165) is 25.5 Å². The Hall–Kier alpha value is -0.530. The van der Waals surface area contributed by atoms with E-state index in [1.54, 1.807) is 7.05 Å². The van der Waals surface area contributed by atoms with E-state index in [1.807, 2.05) is 7.05 Å². The normalized spacial score (nSPS) is 15.3. The van der Waals surface area contributed by atoms with Crippen LogP contribution in [0.3, 0.4) is 0 Å². The molecule has 1 rings (SSSR count). The molecule has 1 aliphatic carbocycles. The van der Waals surface area contributed by atoms with Gasteiger partial charge in [-0.3, -0.25) is 9.79 Å². The summed E-state index contributed by atoms with van der Waals surface area (Å²) < 4.78 is 0. The van der Waals surface area contributed by atoms with E-state index in [2.05, 4.69) is 27.4 Å². The van der Waals surface area contributed by atoms with E-state index in [-0.39, 0.29) is 29.9 Å². The highest BCUT2D eigenvalue weighted by atomic mass is 127. The summed E-state index contributed by atoms with van der Waals surface area (Å²) in [6.07, 6.45) is 8.07. The molecule has 0 aliphatic heterocycles. The van der Waals surface area contributed by atoms with Gasteiger partial charge in [-0.15, -0.1) is 24.0 Å². The monoisotopic (exact) mass is 424 g/mol. The second kappa shape index (κ2) is 13.0. The Bertz CT molecular complexity index is 330. The van der Waals surface area contributed by atoms with Gasteiger partial charge in [-0.1, -0.05) is 26.2 Å². The van der Waals surface area contributed by atoms with Crippen LogP contribution in [0.15, 0.2) is 4.99 Å². The smallest absolute Gasteiger partial charge is 0.220 e. The molecule has 6 heteroatoms. The Morgan fingerprint density at radius 3 is 2.45 bits per heavy atom. The lowest BCUT2D eigenvalue weighted by atomic mass is 10.0. The number of unbranched alkanes of at least 4 members (excludes halogenated alkanes) is 1. The van der Waals surface area contributed by atoms with Crippen LogP contribution in [-0.2, 0) is 4.79 Å². The number of rotatable bonds is 8. The number of halogens is 1. The van der Waals surface area contributed by atoms with Gasteiger partial charge in [0, 0.05) is 40.2 Å². The van der Waals surface area contributed by atoms with Gasteiger partial charge >= 0.3 is 0 Å². The second-order valence-electron chi connectivity index (χ2n) is 5.95. The van der Waals surface area contributed by atoms with E-state index in [4.69, 9.17) is 0 Å². The standard InChI is InChI=1S/C16H32N4O.HI/c1-4-5-12-20(3)16(17-2)19-11-10-18-15(21)13-14-8-6-7-9-14;/h14H,4-13H2,1-3H3,(H,17,19)(H,18,21);1H. The SMILES string of the molecule is CCCCN(C)C(=NC)NCCNC(=O)CC1CCCC1.I. The Balaban J connectivity index is 0.00000441. The van der Waals surface area contributed by atoms with Crippen molar-refractivity contribution in [1.29, 1.82) is 0 Å². The summed E-state index contributed by atoms with van der Waals surface area (Å²) in [5.74, 6) is 1.71. The molecule has 0 bridgehead atoms. The van der Waals surface area contributed by atoms with Crippen LogP contribution in [0.5, 0.6) is 0 Å². The Morgan fingerprint density at radius 2 is 1.86 bits per heavy atom. The Kier molecular flexibility index (Phi) is 12.6. The van der Waals surface area contributed by atoms with Crippen LogP contribution in [0.1, 0.15) is 51.9 Å². The van der Waals surface area contributed by atoms with Crippen molar-refractivity contribution in [3.8, 4) is 0 Å². The second-order valence-corrected chi connectivity index (χ2v) is 5.95. The number of guanidine groups is 1. The molecule has 0 aromatic rings. The van der Waals surface area contributed by atoms with Crippen LogP contribution in [0.2, 0.25) is 0 Å². The van der Waals surface area contributed by atoms with Gasteiger partial charge in [0.1, 0.15) is 0 Å². The third-order valence-electron chi connectivity index (χ3n) is 4.10. The molecule has 5 nitrogen and oxygen atoms in total. The molecule has 1 fully saturated rings. The number of aliphatic imine (C=N–C) groups is 1. The number of hydrogen-bond donors (Lipinski definition) is 2. The minimum atomic E-state index is 0. The predicted octanol–water partition coefficient (Wildman–Crippen LogP) is 2.61. The number of hydrogen-bond acceptors (Lipinski definition) is 2. The van der Waals surface area contributed by atoms with Gasteiger partial charge in [-0.05, 0) is 25.2 Å². The van der Waals surface area contributed by atoms with Gasteiger partial charge in [0.2, 0.25) is 5.91 Å². The molecule has 0 aromatic heterocycles. The molecule has 2 N–H and O–H groups in total. The lowest BCUT2D eigenvalue weighted by Crippen LogP contribution is -2.42. The fourth-order valence-corrected chi connectivity index (χ4v) is 2.81. The van der Waals surface area contributed by atoms with Crippen LogP contribution in [-0.4, -0.2) is 50.5 Å². The zero-order valence-electron chi connectivity index (χ0n) is 14.4. The Morgan fingerprint density at radius 1 is 1.23 bits per heavy atom.